The third kappa shape index (κ3) is 0.448. The minimum atomic E-state index is 0.925. The molecule has 52 valence electrons. The smallest absolute Gasteiger partial charge is 0.0133 e. The van der Waals surface area contributed by atoms with Crippen molar-refractivity contribution in [3.63, 3.8) is 0 Å². The van der Waals surface area contributed by atoms with E-state index < -0.39 is 0 Å². The first kappa shape index (κ1) is 5.17. The van der Waals surface area contributed by atoms with Crippen LogP contribution in [-0.2, 0) is 0 Å². The van der Waals surface area contributed by atoms with Gasteiger partial charge in [-0.05, 0) is 36.5 Å². The number of hydrogen-bond donors (Lipinski definition) is 0. The molecule has 2 bridgehead atoms. The predicted molar refractivity (Wildman–Crippen MR) is 41.5 cm³/mol. The van der Waals surface area contributed by atoms with Gasteiger partial charge in [0.25, 0.3) is 0 Å². The fourth-order valence-corrected chi connectivity index (χ4v) is 2.97. The van der Waals surface area contributed by atoms with Crippen LogP contribution >= 0.6 is 0 Å². The maximum absolute atomic E-state index is 2.44. The second-order valence-electron chi connectivity index (χ2n) is 3.85. The van der Waals surface area contributed by atoms with Crippen molar-refractivity contribution in [1.82, 2.24) is 0 Å². The summed E-state index contributed by atoms with van der Waals surface area (Å²) in [7, 11) is 0. The second-order valence-corrected chi connectivity index (χ2v) is 3.85. The summed E-state index contributed by atoms with van der Waals surface area (Å²) in [6.45, 7) is 0. The number of allylic oxidation sites excluding steroid dienone is 4. The number of hydrogen-bond acceptors (Lipinski definition) is 0. The van der Waals surface area contributed by atoms with E-state index in [9.17, 15) is 0 Å². The minimum Gasteiger partial charge on any atom is -0.0879 e. The molecule has 0 spiro atoms. The van der Waals surface area contributed by atoms with Gasteiger partial charge in [-0.15, -0.1) is 0 Å². The molecule has 0 amide bonds. The summed E-state index contributed by atoms with van der Waals surface area (Å²) in [4.78, 5) is 0. The summed E-state index contributed by atoms with van der Waals surface area (Å²) < 4.78 is 0. The molecule has 1 fully saturated rings. The lowest BCUT2D eigenvalue weighted by Crippen LogP contribution is -2.12. The van der Waals surface area contributed by atoms with Crippen LogP contribution in [0.2, 0.25) is 0 Å². The van der Waals surface area contributed by atoms with Gasteiger partial charge in [-0.3, -0.25) is 0 Å². The summed E-state index contributed by atoms with van der Waals surface area (Å²) in [6.07, 6.45) is 12.5. The van der Waals surface area contributed by atoms with E-state index in [1.165, 1.54) is 12.8 Å². The van der Waals surface area contributed by atoms with Gasteiger partial charge < -0.3 is 0 Å². The molecule has 0 radical (unpaired) electrons. The van der Waals surface area contributed by atoms with Gasteiger partial charge in [-0.1, -0.05) is 24.3 Å². The van der Waals surface area contributed by atoms with Crippen LogP contribution < -0.4 is 0 Å². The number of fused-ring (bicyclic) bond motifs is 5. The zero-order valence-electron chi connectivity index (χ0n) is 6.03. The van der Waals surface area contributed by atoms with Gasteiger partial charge in [-0.2, -0.15) is 0 Å². The molecule has 1 saturated carbocycles. The SMILES string of the molecule is C1=CC2C3C=C[C@@H](C3)C2C1. The summed E-state index contributed by atoms with van der Waals surface area (Å²) in [5, 5.41) is 0. The van der Waals surface area contributed by atoms with E-state index in [-0.39, 0.29) is 0 Å². The molecule has 0 aromatic rings. The fourth-order valence-electron chi connectivity index (χ4n) is 2.97. The lowest BCUT2D eigenvalue weighted by atomic mass is 9.86. The zero-order valence-corrected chi connectivity index (χ0v) is 6.03. The van der Waals surface area contributed by atoms with Gasteiger partial charge in [0, 0.05) is 0 Å². The lowest BCUT2D eigenvalue weighted by Gasteiger charge is -2.18. The van der Waals surface area contributed by atoms with Crippen molar-refractivity contribution in [3.05, 3.63) is 24.3 Å². The standard InChI is InChI=1S/C10H12/c1-2-9-7-4-5-8(6-7)10(9)3-1/h1-2,4-5,7-10H,3,6H2/t7?,8-,9?,10?/m0/s1. The molecule has 0 aromatic heterocycles. The lowest BCUT2D eigenvalue weighted by molar-refractivity contribution is 0.398. The molecule has 0 heteroatoms. The summed E-state index contributed by atoms with van der Waals surface area (Å²) >= 11 is 0. The quantitative estimate of drug-likeness (QED) is 0.444. The van der Waals surface area contributed by atoms with Gasteiger partial charge in [0.1, 0.15) is 0 Å². The molecule has 0 saturated heterocycles. The predicted octanol–water partition coefficient (Wildman–Crippen LogP) is 2.38. The van der Waals surface area contributed by atoms with Crippen LogP contribution in [0.1, 0.15) is 12.8 Å². The van der Waals surface area contributed by atoms with E-state index in [2.05, 4.69) is 24.3 Å². The molecular formula is C10H12. The van der Waals surface area contributed by atoms with Gasteiger partial charge in [-0.25, -0.2) is 0 Å². The van der Waals surface area contributed by atoms with Gasteiger partial charge in [0.15, 0.2) is 0 Å². The van der Waals surface area contributed by atoms with Crippen molar-refractivity contribution in [2.75, 3.05) is 0 Å². The Morgan fingerprint density at radius 2 is 1.90 bits per heavy atom. The first-order chi connectivity index (χ1) is 4.95. The van der Waals surface area contributed by atoms with Crippen molar-refractivity contribution >= 4 is 0 Å². The highest BCUT2D eigenvalue weighted by Gasteiger charge is 2.44. The Hall–Kier alpha value is -0.520. The van der Waals surface area contributed by atoms with Gasteiger partial charge in [0.05, 0.1) is 0 Å². The van der Waals surface area contributed by atoms with E-state index in [1.807, 2.05) is 0 Å². The van der Waals surface area contributed by atoms with Crippen LogP contribution in [0, 0.1) is 23.7 Å². The third-order valence-electron chi connectivity index (χ3n) is 3.46. The van der Waals surface area contributed by atoms with Crippen molar-refractivity contribution in [1.29, 1.82) is 0 Å². The molecule has 3 aliphatic rings. The Kier molecular flexibility index (Phi) is 0.803. The van der Waals surface area contributed by atoms with Gasteiger partial charge >= 0.3 is 0 Å². The third-order valence-corrected chi connectivity index (χ3v) is 3.46. The summed E-state index contributed by atoms with van der Waals surface area (Å²) in [5.74, 6) is 3.82. The average Bonchev–Trinajstić information content (AvgIpc) is 2.60. The van der Waals surface area contributed by atoms with E-state index in [4.69, 9.17) is 0 Å². The van der Waals surface area contributed by atoms with E-state index in [0.29, 0.717) is 0 Å². The highest BCUT2D eigenvalue weighted by Crippen LogP contribution is 2.52. The molecular weight excluding hydrogens is 120 g/mol. The van der Waals surface area contributed by atoms with Crippen molar-refractivity contribution in [2.45, 2.75) is 12.8 Å². The largest absolute Gasteiger partial charge is 0.0879 e. The molecule has 3 aliphatic carbocycles. The minimum absolute atomic E-state index is 0.925. The van der Waals surface area contributed by atoms with E-state index >= 15 is 0 Å². The Balaban J connectivity index is 2.04. The van der Waals surface area contributed by atoms with Crippen molar-refractivity contribution < 1.29 is 0 Å². The Labute approximate surface area is 61.6 Å². The Morgan fingerprint density at radius 3 is 2.80 bits per heavy atom. The fraction of sp³-hybridized carbons (Fsp3) is 0.600. The first-order valence-electron chi connectivity index (χ1n) is 4.30. The van der Waals surface area contributed by atoms with Crippen molar-refractivity contribution in [3.8, 4) is 0 Å². The molecule has 0 heterocycles. The Morgan fingerprint density at radius 1 is 1.00 bits per heavy atom. The average molecular weight is 132 g/mol. The second kappa shape index (κ2) is 1.55. The molecule has 3 unspecified atom stereocenters. The van der Waals surface area contributed by atoms with Crippen LogP contribution in [0.4, 0.5) is 0 Å². The topological polar surface area (TPSA) is 0 Å². The maximum atomic E-state index is 2.44. The molecule has 3 rings (SSSR count). The maximum Gasteiger partial charge on any atom is -0.0133 e. The number of rotatable bonds is 0. The highest BCUT2D eigenvalue weighted by atomic mass is 14.5. The molecule has 0 aliphatic heterocycles. The van der Waals surface area contributed by atoms with Crippen LogP contribution in [0.25, 0.3) is 0 Å². The Bertz CT molecular complexity index is 212. The van der Waals surface area contributed by atoms with Crippen LogP contribution in [0.5, 0.6) is 0 Å². The van der Waals surface area contributed by atoms with Gasteiger partial charge in [0.2, 0.25) is 0 Å². The van der Waals surface area contributed by atoms with Crippen LogP contribution in [0.3, 0.4) is 0 Å². The van der Waals surface area contributed by atoms with Crippen LogP contribution in [0.15, 0.2) is 24.3 Å². The first-order valence-corrected chi connectivity index (χ1v) is 4.30. The summed E-state index contributed by atoms with van der Waals surface area (Å²) in [5.41, 5.74) is 0. The molecule has 0 N–H and O–H groups in total. The zero-order chi connectivity index (χ0) is 6.55. The van der Waals surface area contributed by atoms with Crippen LogP contribution in [-0.4, -0.2) is 0 Å². The van der Waals surface area contributed by atoms with E-state index in [0.717, 1.165) is 23.7 Å². The molecule has 0 aromatic carbocycles. The monoisotopic (exact) mass is 132 g/mol. The normalized spacial score (nSPS) is 54.4. The highest BCUT2D eigenvalue weighted by molar-refractivity contribution is 5.21. The molecule has 10 heavy (non-hydrogen) atoms. The van der Waals surface area contributed by atoms with Crippen molar-refractivity contribution in [2.24, 2.45) is 23.7 Å². The molecule has 4 atom stereocenters. The van der Waals surface area contributed by atoms with E-state index in [1.54, 1.807) is 0 Å². The summed E-state index contributed by atoms with van der Waals surface area (Å²) in [6, 6.07) is 0. The molecule has 0 nitrogen and oxygen atoms in total.